The summed E-state index contributed by atoms with van der Waals surface area (Å²) in [7, 11) is 1.18. The lowest BCUT2D eigenvalue weighted by Crippen LogP contribution is -2.50. The number of ether oxygens (including phenoxy) is 2. The smallest absolute Gasteiger partial charge is 0.328 e. The maximum Gasteiger partial charge on any atom is 0.328 e. The molecule has 0 radical (unpaired) electrons. The minimum atomic E-state index is -1.29. The van der Waals surface area contributed by atoms with Gasteiger partial charge in [-0.3, -0.25) is 14.4 Å². The van der Waals surface area contributed by atoms with Crippen molar-refractivity contribution in [3.05, 3.63) is 48.5 Å². The second kappa shape index (κ2) is 11.2. The number of aromatic amines is 1. The van der Waals surface area contributed by atoms with Crippen molar-refractivity contribution in [3.63, 3.8) is 0 Å². The molecule has 0 aliphatic heterocycles. The molecule has 1 aromatic heterocycles. The number of carboxylic acids is 1. The molecule has 11 nitrogen and oxygen atoms in total. The lowest BCUT2D eigenvalue weighted by molar-refractivity contribution is -0.148. The highest BCUT2D eigenvalue weighted by Crippen LogP contribution is 2.08. The van der Waals surface area contributed by atoms with Crippen LogP contribution in [0, 0.1) is 0 Å². The number of hydrogen-bond acceptors (Lipinski definition) is 7. The van der Waals surface area contributed by atoms with Crippen molar-refractivity contribution in [3.8, 4) is 5.75 Å². The number of esters is 1. The fourth-order valence-corrected chi connectivity index (χ4v) is 2.51. The number of aromatic nitrogens is 2. The quantitative estimate of drug-likeness (QED) is 0.417. The monoisotopic (exact) mass is 418 g/mol. The predicted octanol–water partition coefficient (Wildman–Crippen LogP) is -0.398. The van der Waals surface area contributed by atoms with E-state index >= 15 is 0 Å². The number of aliphatic carboxylic acids is 1. The number of rotatable bonds is 11. The van der Waals surface area contributed by atoms with Crippen molar-refractivity contribution in [2.45, 2.75) is 12.5 Å². The molecule has 160 valence electrons. The molecule has 1 atom stereocenters. The van der Waals surface area contributed by atoms with E-state index in [9.17, 15) is 19.2 Å². The SMILES string of the molecule is COC(=O)[C@H](Cc1cnc[nH]1)NC(=O)CN(CC(=O)O)C(=O)COc1ccccc1. The van der Waals surface area contributed by atoms with Gasteiger partial charge in [0.05, 0.1) is 13.4 Å². The minimum Gasteiger partial charge on any atom is -0.484 e. The summed E-state index contributed by atoms with van der Waals surface area (Å²) in [6.07, 6.45) is 3.00. The molecule has 1 heterocycles. The summed E-state index contributed by atoms with van der Waals surface area (Å²) in [6.45, 7) is -1.72. The van der Waals surface area contributed by atoms with Crippen LogP contribution in [0.3, 0.4) is 0 Å². The van der Waals surface area contributed by atoms with Crippen molar-refractivity contribution < 1.29 is 33.8 Å². The molecule has 0 fully saturated rings. The van der Waals surface area contributed by atoms with Gasteiger partial charge in [-0.25, -0.2) is 9.78 Å². The summed E-state index contributed by atoms with van der Waals surface area (Å²) in [5, 5.41) is 11.5. The second-order valence-electron chi connectivity index (χ2n) is 6.17. The molecule has 30 heavy (non-hydrogen) atoms. The van der Waals surface area contributed by atoms with Crippen molar-refractivity contribution >= 4 is 23.8 Å². The third-order valence-electron chi connectivity index (χ3n) is 3.92. The largest absolute Gasteiger partial charge is 0.484 e. The summed E-state index contributed by atoms with van der Waals surface area (Å²) in [5.74, 6) is -2.98. The van der Waals surface area contributed by atoms with Crippen LogP contribution in [0.4, 0.5) is 0 Å². The number of para-hydroxylation sites is 1. The summed E-state index contributed by atoms with van der Waals surface area (Å²) in [5.41, 5.74) is 0.584. The molecule has 2 rings (SSSR count). The molecular weight excluding hydrogens is 396 g/mol. The first kappa shape index (κ1) is 22.4. The van der Waals surface area contributed by atoms with Gasteiger partial charge in [0.2, 0.25) is 5.91 Å². The Morgan fingerprint density at radius 3 is 2.53 bits per heavy atom. The number of hydrogen-bond donors (Lipinski definition) is 3. The molecule has 0 aliphatic carbocycles. The van der Waals surface area contributed by atoms with Gasteiger partial charge in [-0.2, -0.15) is 0 Å². The van der Waals surface area contributed by atoms with E-state index in [1.807, 2.05) is 0 Å². The molecule has 0 saturated heterocycles. The highest BCUT2D eigenvalue weighted by molar-refractivity contribution is 5.90. The molecule has 0 saturated carbocycles. The molecule has 0 aliphatic rings. The van der Waals surface area contributed by atoms with E-state index in [0.29, 0.717) is 11.4 Å². The number of H-pyrrole nitrogens is 1. The van der Waals surface area contributed by atoms with E-state index in [1.54, 1.807) is 30.3 Å². The van der Waals surface area contributed by atoms with Crippen LogP contribution < -0.4 is 10.1 Å². The zero-order valence-corrected chi connectivity index (χ0v) is 16.2. The van der Waals surface area contributed by atoms with Gasteiger partial charge >= 0.3 is 11.9 Å². The van der Waals surface area contributed by atoms with Crippen LogP contribution in [-0.2, 0) is 30.3 Å². The van der Waals surface area contributed by atoms with Gasteiger partial charge in [-0.1, -0.05) is 18.2 Å². The van der Waals surface area contributed by atoms with E-state index < -0.39 is 49.5 Å². The van der Waals surface area contributed by atoms with Crippen LogP contribution in [-0.4, -0.2) is 76.6 Å². The number of benzene rings is 1. The first-order valence-electron chi connectivity index (χ1n) is 8.91. The molecule has 3 N–H and O–H groups in total. The van der Waals surface area contributed by atoms with Gasteiger partial charge in [0, 0.05) is 18.3 Å². The van der Waals surface area contributed by atoms with Gasteiger partial charge in [0.25, 0.3) is 5.91 Å². The number of methoxy groups -OCH3 is 1. The molecule has 2 aromatic rings. The third kappa shape index (κ3) is 7.26. The van der Waals surface area contributed by atoms with Crippen molar-refractivity contribution in [2.24, 2.45) is 0 Å². The number of nitrogens with one attached hydrogen (secondary N) is 2. The van der Waals surface area contributed by atoms with E-state index in [4.69, 9.17) is 9.84 Å². The molecular formula is C19H22N4O7. The van der Waals surface area contributed by atoms with Crippen molar-refractivity contribution in [2.75, 3.05) is 26.8 Å². The number of carbonyl (C=O) groups is 4. The number of nitrogens with zero attached hydrogens (tertiary/aromatic N) is 2. The van der Waals surface area contributed by atoms with Gasteiger partial charge in [0.1, 0.15) is 24.9 Å². The van der Waals surface area contributed by atoms with E-state index in [1.165, 1.54) is 19.6 Å². The van der Waals surface area contributed by atoms with Gasteiger partial charge < -0.3 is 29.8 Å². The van der Waals surface area contributed by atoms with E-state index in [2.05, 4.69) is 20.0 Å². The van der Waals surface area contributed by atoms with Crippen molar-refractivity contribution in [1.29, 1.82) is 0 Å². The molecule has 2 amide bonds. The highest BCUT2D eigenvalue weighted by Gasteiger charge is 2.26. The standard InChI is InChI=1S/C19H22N4O7/c1-29-19(28)15(7-13-8-20-12-21-13)22-16(24)9-23(10-18(26)27)17(25)11-30-14-5-3-2-4-6-14/h2-6,8,12,15H,7,9-11H2,1H3,(H,20,21)(H,22,24)(H,26,27)/t15-/m0/s1. The summed E-state index contributed by atoms with van der Waals surface area (Å²) < 4.78 is 10.0. The molecule has 11 heteroatoms. The molecule has 0 bridgehead atoms. The lowest BCUT2D eigenvalue weighted by atomic mass is 10.1. The zero-order valence-electron chi connectivity index (χ0n) is 16.2. The minimum absolute atomic E-state index is 0.0857. The molecule has 0 unspecified atom stereocenters. The van der Waals surface area contributed by atoms with Crippen LogP contribution in [0.15, 0.2) is 42.9 Å². The fraction of sp³-hybridized carbons (Fsp3) is 0.316. The van der Waals surface area contributed by atoms with Crippen LogP contribution in [0.25, 0.3) is 0 Å². The zero-order chi connectivity index (χ0) is 21.9. The first-order chi connectivity index (χ1) is 14.4. The second-order valence-corrected chi connectivity index (χ2v) is 6.17. The Labute approximate surface area is 172 Å². The lowest BCUT2D eigenvalue weighted by Gasteiger charge is -2.22. The Morgan fingerprint density at radius 1 is 1.20 bits per heavy atom. The Morgan fingerprint density at radius 2 is 1.93 bits per heavy atom. The fourth-order valence-electron chi connectivity index (χ4n) is 2.51. The van der Waals surface area contributed by atoms with Crippen LogP contribution >= 0.6 is 0 Å². The number of amides is 2. The van der Waals surface area contributed by atoms with Crippen LogP contribution in [0.2, 0.25) is 0 Å². The topological polar surface area (TPSA) is 151 Å². The van der Waals surface area contributed by atoms with Gasteiger partial charge in [-0.15, -0.1) is 0 Å². The van der Waals surface area contributed by atoms with Crippen molar-refractivity contribution in [1.82, 2.24) is 20.2 Å². The maximum absolute atomic E-state index is 12.4. The average molecular weight is 418 g/mol. The number of imidazole rings is 1. The van der Waals surface area contributed by atoms with Crippen LogP contribution in [0.5, 0.6) is 5.75 Å². The Bertz CT molecular complexity index is 855. The Hall–Kier alpha value is -3.89. The van der Waals surface area contributed by atoms with E-state index in [-0.39, 0.29) is 6.42 Å². The third-order valence-corrected chi connectivity index (χ3v) is 3.92. The molecule has 0 spiro atoms. The highest BCUT2D eigenvalue weighted by atomic mass is 16.5. The number of carbonyl (C=O) groups excluding carboxylic acids is 3. The Kier molecular flexibility index (Phi) is 8.36. The summed E-state index contributed by atoms with van der Waals surface area (Å²) in [4.78, 5) is 55.3. The Balaban J connectivity index is 1.98. The normalized spacial score (nSPS) is 11.2. The van der Waals surface area contributed by atoms with Gasteiger partial charge in [-0.05, 0) is 12.1 Å². The summed E-state index contributed by atoms with van der Waals surface area (Å²) in [6, 6.07) is 7.45. The van der Waals surface area contributed by atoms with Crippen LogP contribution in [0.1, 0.15) is 5.69 Å². The molecule has 1 aromatic carbocycles. The van der Waals surface area contributed by atoms with Gasteiger partial charge in [0.15, 0.2) is 6.61 Å². The average Bonchev–Trinajstić information content (AvgIpc) is 3.24. The first-order valence-corrected chi connectivity index (χ1v) is 8.91. The number of carboxylic acid groups (broad SMARTS) is 1. The predicted molar refractivity (Wildman–Crippen MR) is 102 cm³/mol. The summed E-state index contributed by atoms with van der Waals surface area (Å²) >= 11 is 0. The maximum atomic E-state index is 12.4. The van der Waals surface area contributed by atoms with E-state index in [0.717, 1.165) is 4.90 Å².